The lowest BCUT2D eigenvalue weighted by Crippen LogP contribution is -2.30. The minimum absolute atomic E-state index is 0.110. The monoisotopic (exact) mass is 445 g/mol. The fourth-order valence-electron chi connectivity index (χ4n) is 3.28. The van der Waals surface area contributed by atoms with E-state index < -0.39 is 12.1 Å². The third kappa shape index (κ3) is 9.70. The van der Waals surface area contributed by atoms with Crippen LogP contribution in [-0.2, 0) is 9.53 Å². The lowest BCUT2D eigenvalue weighted by molar-refractivity contribution is -0.147. The van der Waals surface area contributed by atoms with E-state index in [0.717, 1.165) is 12.8 Å². The summed E-state index contributed by atoms with van der Waals surface area (Å²) < 4.78 is 10.5. The van der Waals surface area contributed by atoms with Crippen LogP contribution in [0.15, 0.2) is 30.9 Å². The maximum Gasteiger partial charge on any atom is 0.342 e. The van der Waals surface area contributed by atoms with Gasteiger partial charge in [-0.1, -0.05) is 64.7 Å². The Bertz CT molecular complexity index is 788. The van der Waals surface area contributed by atoms with Crippen molar-refractivity contribution in [2.45, 2.75) is 77.2 Å². The normalized spacial score (nSPS) is 11.9. The molecule has 0 spiro atoms. The summed E-state index contributed by atoms with van der Waals surface area (Å²) in [6, 6.07) is 4.30. The van der Waals surface area contributed by atoms with E-state index >= 15 is 0 Å². The number of phenolic OH excluding ortho intramolecular Hbond substituents is 1. The molecule has 1 unspecified atom stereocenters. The van der Waals surface area contributed by atoms with Crippen LogP contribution < -0.4 is 4.74 Å². The van der Waals surface area contributed by atoms with Gasteiger partial charge in [0.25, 0.3) is 0 Å². The number of hydrogen-bond donors (Lipinski definition) is 2. The van der Waals surface area contributed by atoms with E-state index in [9.17, 15) is 15.0 Å². The molecule has 0 aliphatic rings. The third-order valence-corrected chi connectivity index (χ3v) is 5.11. The Morgan fingerprint density at radius 1 is 0.969 bits per heavy atom. The van der Waals surface area contributed by atoms with Crippen molar-refractivity contribution in [3.05, 3.63) is 30.9 Å². The highest BCUT2D eigenvalue weighted by molar-refractivity contribution is 5.77. The number of hydrogen-bond acceptors (Lipinski definition) is 8. The summed E-state index contributed by atoms with van der Waals surface area (Å²) in [6.07, 6.45) is 13.6. The largest absolute Gasteiger partial charge is 0.507 e. The zero-order valence-electron chi connectivity index (χ0n) is 18.9. The van der Waals surface area contributed by atoms with Crippen molar-refractivity contribution < 1.29 is 24.5 Å². The molecule has 0 bridgehead atoms. The average molecular weight is 446 g/mol. The number of carbonyl (C=O) groups excluding carboxylic acids is 1. The predicted octanol–water partition coefficient (Wildman–Crippen LogP) is 4.45. The molecule has 2 N–H and O–H groups in total. The van der Waals surface area contributed by atoms with Crippen molar-refractivity contribution in [2.75, 3.05) is 13.2 Å². The summed E-state index contributed by atoms with van der Waals surface area (Å²) in [5.74, 6) is -0.566. The minimum atomic E-state index is -1.39. The van der Waals surface area contributed by atoms with Crippen LogP contribution in [-0.4, -0.2) is 50.5 Å². The van der Waals surface area contributed by atoms with Crippen molar-refractivity contribution in [3.8, 4) is 22.9 Å². The van der Waals surface area contributed by atoms with E-state index in [1.54, 1.807) is 0 Å². The van der Waals surface area contributed by atoms with Crippen molar-refractivity contribution in [1.29, 1.82) is 0 Å². The van der Waals surface area contributed by atoms with E-state index in [0.29, 0.717) is 18.0 Å². The van der Waals surface area contributed by atoms with Crippen LogP contribution in [0.3, 0.4) is 0 Å². The standard InChI is InChI=1S/C24H35N3O5/c1-2-3-4-5-6-7-8-9-10-11-14-31-16-22(29)24(30)32-19-12-13-20(21(28)15-19)23-26-17-25-18-27-23/h12-13,15,17-18,22,28-29H,2-11,14,16H2,1H3. The molecule has 0 aliphatic carbocycles. The van der Waals surface area contributed by atoms with E-state index in [-0.39, 0.29) is 18.1 Å². The fourth-order valence-corrected chi connectivity index (χ4v) is 3.28. The van der Waals surface area contributed by atoms with Crippen LogP contribution in [0.5, 0.6) is 11.5 Å². The van der Waals surface area contributed by atoms with Gasteiger partial charge in [-0.15, -0.1) is 0 Å². The maximum absolute atomic E-state index is 12.0. The van der Waals surface area contributed by atoms with Crippen molar-refractivity contribution in [3.63, 3.8) is 0 Å². The van der Waals surface area contributed by atoms with E-state index in [1.807, 2.05) is 0 Å². The topological polar surface area (TPSA) is 115 Å². The Hall–Kier alpha value is -2.58. The first-order valence-corrected chi connectivity index (χ1v) is 11.5. The molecule has 32 heavy (non-hydrogen) atoms. The number of benzene rings is 1. The third-order valence-electron chi connectivity index (χ3n) is 5.11. The summed E-state index contributed by atoms with van der Waals surface area (Å²) in [4.78, 5) is 23.7. The number of phenols is 1. The van der Waals surface area contributed by atoms with Gasteiger partial charge < -0.3 is 19.7 Å². The van der Waals surface area contributed by atoms with Gasteiger partial charge in [0.15, 0.2) is 11.9 Å². The lowest BCUT2D eigenvalue weighted by Gasteiger charge is -2.12. The van der Waals surface area contributed by atoms with Crippen LogP contribution in [0, 0.1) is 0 Å². The number of nitrogens with zero attached hydrogens (tertiary/aromatic N) is 3. The zero-order valence-corrected chi connectivity index (χ0v) is 18.9. The van der Waals surface area contributed by atoms with Crippen molar-refractivity contribution >= 4 is 5.97 Å². The Kier molecular flexibility index (Phi) is 12.2. The number of aromatic hydroxyl groups is 1. The summed E-state index contributed by atoms with van der Waals surface area (Å²) in [5.41, 5.74) is 0.382. The summed E-state index contributed by atoms with van der Waals surface area (Å²) >= 11 is 0. The Balaban J connectivity index is 1.58. The minimum Gasteiger partial charge on any atom is -0.507 e. The van der Waals surface area contributed by atoms with Gasteiger partial charge in [0, 0.05) is 12.7 Å². The number of rotatable bonds is 16. The highest BCUT2D eigenvalue weighted by Gasteiger charge is 2.19. The number of aliphatic hydroxyl groups excluding tert-OH is 1. The van der Waals surface area contributed by atoms with Crippen LogP contribution >= 0.6 is 0 Å². The Morgan fingerprint density at radius 3 is 2.22 bits per heavy atom. The molecule has 0 aliphatic heterocycles. The number of esters is 1. The van der Waals surface area contributed by atoms with E-state index in [2.05, 4.69) is 21.9 Å². The van der Waals surface area contributed by atoms with Gasteiger partial charge >= 0.3 is 5.97 Å². The molecule has 0 amide bonds. The number of unbranched alkanes of at least 4 members (excludes halogenated alkanes) is 9. The molecule has 176 valence electrons. The highest BCUT2D eigenvalue weighted by atomic mass is 16.6. The second-order valence-electron chi connectivity index (χ2n) is 7.83. The second-order valence-corrected chi connectivity index (χ2v) is 7.83. The summed E-state index contributed by atoms with van der Waals surface area (Å²) in [5, 5.41) is 20.1. The molecule has 8 heteroatoms. The van der Waals surface area contributed by atoms with Crippen LogP contribution in [0.2, 0.25) is 0 Å². The number of aliphatic hydroxyl groups is 1. The quantitative estimate of drug-likeness (QED) is 0.221. The first kappa shape index (κ1) is 25.7. The van der Waals surface area contributed by atoms with E-state index in [1.165, 1.54) is 82.2 Å². The summed E-state index contributed by atoms with van der Waals surface area (Å²) in [6.45, 7) is 2.61. The Morgan fingerprint density at radius 2 is 1.59 bits per heavy atom. The summed E-state index contributed by atoms with van der Waals surface area (Å²) in [7, 11) is 0. The lowest BCUT2D eigenvalue weighted by atomic mass is 10.1. The molecule has 8 nitrogen and oxygen atoms in total. The molecule has 0 saturated heterocycles. The molecule has 2 aromatic rings. The van der Waals surface area contributed by atoms with E-state index in [4.69, 9.17) is 9.47 Å². The molecule has 1 aromatic heterocycles. The van der Waals surface area contributed by atoms with Gasteiger partial charge in [-0.05, 0) is 18.6 Å². The van der Waals surface area contributed by atoms with Gasteiger partial charge in [0.1, 0.15) is 24.2 Å². The molecular weight excluding hydrogens is 410 g/mol. The maximum atomic E-state index is 12.0. The predicted molar refractivity (Wildman–Crippen MR) is 121 cm³/mol. The van der Waals surface area contributed by atoms with Crippen LogP contribution in [0.25, 0.3) is 11.4 Å². The zero-order chi connectivity index (χ0) is 23.0. The van der Waals surface area contributed by atoms with Crippen LogP contribution in [0.1, 0.15) is 71.1 Å². The number of carbonyl (C=O) groups is 1. The molecule has 0 saturated carbocycles. The smallest absolute Gasteiger partial charge is 0.342 e. The first-order valence-electron chi connectivity index (χ1n) is 11.5. The Labute approximate surface area is 190 Å². The molecule has 1 heterocycles. The molecule has 1 atom stereocenters. The number of aromatic nitrogens is 3. The average Bonchev–Trinajstić information content (AvgIpc) is 2.80. The van der Waals surface area contributed by atoms with Crippen molar-refractivity contribution in [2.24, 2.45) is 0 Å². The molecule has 0 fully saturated rings. The van der Waals surface area contributed by atoms with Gasteiger partial charge in [-0.25, -0.2) is 19.7 Å². The molecule has 0 radical (unpaired) electrons. The molecule has 2 rings (SSSR count). The van der Waals surface area contributed by atoms with Crippen molar-refractivity contribution in [1.82, 2.24) is 15.0 Å². The molecular formula is C24H35N3O5. The van der Waals surface area contributed by atoms with Gasteiger partial charge in [-0.2, -0.15) is 0 Å². The second kappa shape index (κ2) is 15.3. The fraction of sp³-hybridized carbons (Fsp3) is 0.583. The highest BCUT2D eigenvalue weighted by Crippen LogP contribution is 2.30. The number of ether oxygens (including phenoxy) is 2. The van der Waals surface area contributed by atoms with Gasteiger partial charge in [0.05, 0.1) is 12.2 Å². The van der Waals surface area contributed by atoms with Gasteiger partial charge in [0.2, 0.25) is 0 Å². The van der Waals surface area contributed by atoms with Gasteiger partial charge in [-0.3, -0.25) is 0 Å². The van der Waals surface area contributed by atoms with Crippen LogP contribution in [0.4, 0.5) is 0 Å². The SMILES string of the molecule is CCCCCCCCCCCCOCC(O)C(=O)Oc1ccc(-c2ncncn2)c(O)c1. The first-order chi connectivity index (χ1) is 15.6. The molecule has 1 aromatic carbocycles.